The van der Waals surface area contributed by atoms with Crippen LogP contribution in [-0.4, -0.2) is 57.7 Å². The van der Waals surface area contributed by atoms with Crippen molar-refractivity contribution >= 4 is 5.91 Å². The third-order valence-corrected chi connectivity index (χ3v) is 4.92. The summed E-state index contributed by atoms with van der Waals surface area (Å²) >= 11 is 0. The number of pyridine rings is 1. The molecule has 0 aromatic carbocycles. The van der Waals surface area contributed by atoms with E-state index in [0.717, 1.165) is 18.6 Å². The first-order chi connectivity index (χ1) is 12.3. The number of rotatable bonds is 5. The molecule has 130 valence electrons. The number of hydrogen-bond donors (Lipinski definition) is 0. The van der Waals surface area contributed by atoms with Gasteiger partial charge in [-0.05, 0) is 24.1 Å². The van der Waals surface area contributed by atoms with Gasteiger partial charge < -0.3 is 14.4 Å². The van der Waals surface area contributed by atoms with E-state index in [2.05, 4.69) is 15.0 Å². The zero-order valence-electron chi connectivity index (χ0n) is 13.9. The van der Waals surface area contributed by atoms with Crippen molar-refractivity contribution in [3.05, 3.63) is 54.4 Å². The molecule has 2 aliphatic heterocycles. The quantitative estimate of drug-likeness (QED) is 0.817. The average Bonchev–Trinajstić information content (AvgIpc) is 3.05. The van der Waals surface area contributed by atoms with Crippen molar-refractivity contribution in [2.75, 3.05) is 26.3 Å². The minimum atomic E-state index is -0.268. The highest BCUT2D eigenvalue weighted by atomic mass is 16.5. The highest BCUT2D eigenvalue weighted by Crippen LogP contribution is 2.40. The summed E-state index contributed by atoms with van der Waals surface area (Å²) in [7, 11) is 0. The second-order valence-corrected chi connectivity index (χ2v) is 6.52. The smallest absolute Gasteiger partial charge is 0.274 e. The molecule has 0 unspecified atom stereocenters. The fourth-order valence-electron chi connectivity index (χ4n) is 3.48. The van der Waals surface area contributed by atoms with Crippen molar-refractivity contribution in [2.45, 2.75) is 18.6 Å². The number of ether oxygens (including phenoxy) is 2. The van der Waals surface area contributed by atoms with Crippen molar-refractivity contribution in [1.82, 2.24) is 19.9 Å². The van der Waals surface area contributed by atoms with Crippen LogP contribution in [0.15, 0.2) is 43.1 Å². The van der Waals surface area contributed by atoms with Crippen LogP contribution >= 0.6 is 0 Å². The van der Waals surface area contributed by atoms with Gasteiger partial charge in [-0.2, -0.15) is 0 Å². The third-order valence-electron chi connectivity index (χ3n) is 4.92. The summed E-state index contributed by atoms with van der Waals surface area (Å²) in [5.41, 5.74) is 1.22. The number of carbonyl (C=O) groups is 1. The molecule has 0 aliphatic carbocycles. The van der Waals surface area contributed by atoms with Crippen LogP contribution in [0.5, 0.6) is 0 Å². The predicted molar refractivity (Wildman–Crippen MR) is 88.6 cm³/mol. The number of amides is 1. The molecule has 7 nitrogen and oxygen atoms in total. The summed E-state index contributed by atoms with van der Waals surface area (Å²) in [5.74, 6) is 0.214. The molecule has 1 amide bonds. The highest BCUT2D eigenvalue weighted by molar-refractivity contribution is 5.92. The molecule has 2 aliphatic rings. The maximum Gasteiger partial charge on any atom is 0.274 e. The summed E-state index contributed by atoms with van der Waals surface area (Å²) in [6.45, 7) is 3.10. The van der Waals surface area contributed by atoms with E-state index in [1.165, 1.54) is 12.4 Å². The lowest BCUT2D eigenvalue weighted by atomic mass is 9.81. The Labute approximate surface area is 146 Å². The molecule has 25 heavy (non-hydrogen) atoms. The van der Waals surface area contributed by atoms with Gasteiger partial charge >= 0.3 is 0 Å². The number of likely N-dealkylation sites (tertiary alicyclic amines) is 1. The molecule has 1 atom stereocenters. The molecule has 0 N–H and O–H groups in total. The molecule has 4 heterocycles. The van der Waals surface area contributed by atoms with E-state index in [-0.39, 0.29) is 11.5 Å². The second kappa shape index (κ2) is 6.85. The van der Waals surface area contributed by atoms with Crippen LogP contribution in [0.25, 0.3) is 0 Å². The highest BCUT2D eigenvalue weighted by Gasteiger charge is 2.54. The van der Waals surface area contributed by atoms with Crippen LogP contribution < -0.4 is 0 Å². The summed E-state index contributed by atoms with van der Waals surface area (Å²) in [4.78, 5) is 26.2. The van der Waals surface area contributed by atoms with Gasteiger partial charge in [-0.25, -0.2) is 4.98 Å². The molecular formula is C18H20N4O3. The Balaban J connectivity index is 1.31. The lowest BCUT2D eigenvalue weighted by Gasteiger charge is -2.49. The largest absolute Gasteiger partial charge is 0.376 e. The Morgan fingerprint density at radius 2 is 2.08 bits per heavy atom. The fraction of sp³-hybridized carbons (Fsp3) is 0.444. The van der Waals surface area contributed by atoms with Gasteiger partial charge in [0.15, 0.2) is 0 Å². The Morgan fingerprint density at radius 3 is 2.84 bits per heavy atom. The second-order valence-electron chi connectivity index (χ2n) is 6.52. The van der Waals surface area contributed by atoms with Crippen LogP contribution in [0.3, 0.4) is 0 Å². The number of carbonyl (C=O) groups excluding carboxylic acids is 1. The Bertz CT molecular complexity index is 720. The Kier molecular flexibility index (Phi) is 4.42. The van der Waals surface area contributed by atoms with Crippen LogP contribution in [0.2, 0.25) is 0 Å². The van der Waals surface area contributed by atoms with E-state index in [1.807, 2.05) is 12.1 Å². The zero-order valence-corrected chi connectivity index (χ0v) is 13.9. The molecule has 7 heteroatoms. The monoisotopic (exact) mass is 340 g/mol. The molecule has 1 spiro atoms. The molecule has 2 aromatic heterocycles. The van der Waals surface area contributed by atoms with Crippen LogP contribution in [0.4, 0.5) is 0 Å². The summed E-state index contributed by atoms with van der Waals surface area (Å²) in [5, 5.41) is 0. The van der Waals surface area contributed by atoms with E-state index < -0.39 is 0 Å². The normalized spacial score (nSPS) is 21.3. The van der Waals surface area contributed by atoms with Gasteiger partial charge in [0, 0.05) is 37.3 Å². The van der Waals surface area contributed by atoms with Gasteiger partial charge in [0.25, 0.3) is 5.91 Å². The zero-order chi connectivity index (χ0) is 17.1. The van der Waals surface area contributed by atoms with Gasteiger partial charge in [0.05, 0.1) is 32.5 Å². The molecule has 0 saturated carbocycles. The van der Waals surface area contributed by atoms with Gasteiger partial charge in [-0.3, -0.25) is 14.8 Å². The standard InChI is InChI=1S/C18H20N4O3/c23-17(16-9-20-6-7-21-16)22-12-18(13-22)15(3-8-25-18)11-24-10-14-1-4-19-5-2-14/h1-2,4-7,9,15H,3,8,10-13H2/t15-/m1/s1. The molecular weight excluding hydrogens is 320 g/mol. The summed E-state index contributed by atoms with van der Waals surface area (Å²) in [6, 6.07) is 3.90. The van der Waals surface area contributed by atoms with E-state index in [4.69, 9.17) is 9.47 Å². The van der Waals surface area contributed by atoms with Crippen LogP contribution in [0, 0.1) is 5.92 Å². The molecule has 2 fully saturated rings. The minimum Gasteiger partial charge on any atom is -0.376 e. The Hall–Kier alpha value is -2.38. The molecule has 0 bridgehead atoms. The number of aromatic nitrogens is 3. The molecule has 4 rings (SSSR count). The minimum absolute atomic E-state index is 0.0920. The first kappa shape index (κ1) is 16.1. The molecule has 2 aromatic rings. The predicted octanol–water partition coefficient (Wildman–Crippen LogP) is 1.32. The fourth-order valence-corrected chi connectivity index (χ4v) is 3.48. The van der Waals surface area contributed by atoms with Gasteiger partial charge in [-0.15, -0.1) is 0 Å². The number of nitrogens with zero attached hydrogens (tertiary/aromatic N) is 4. The Morgan fingerprint density at radius 1 is 1.24 bits per heavy atom. The van der Waals surface area contributed by atoms with Gasteiger partial charge in [-0.1, -0.05) is 0 Å². The van der Waals surface area contributed by atoms with Crippen molar-refractivity contribution in [3.8, 4) is 0 Å². The van der Waals surface area contributed by atoms with Gasteiger partial charge in [0.2, 0.25) is 0 Å². The summed E-state index contributed by atoms with van der Waals surface area (Å²) < 4.78 is 11.9. The molecule has 2 saturated heterocycles. The summed E-state index contributed by atoms with van der Waals surface area (Å²) in [6.07, 6.45) is 9.08. The van der Waals surface area contributed by atoms with E-state index in [0.29, 0.717) is 37.9 Å². The van der Waals surface area contributed by atoms with Crippen molar-refractivity contribution < 1.29 is 14.3 Å². The maximum absolute atomic E-state index is 12.4. The maximum atomic E-state index is 12.4. The average molecular weight is 340 g/mol. The van der Waals surface area contributed by atoms with Crippen LogP contribution in [0.1, 0.15) is 22.5 Å². The van der Waals surface area contributed by atoms with Crippen LogP contribution in [-0.2, 0) is 16.1 Å². The van der Waals surface area contributed by atoms with E-state index in [9.17, 15) is 4.79 Å². The lowest BCUT2D eigenvalue weighted by Crippen LogP contribution is -2.66. The van der Waals surface area contributed by atoms with Crippen molar-refractivity contribution in [2.24, 2.45) is 5.92 Å². The van der Waals surface area contributed by atoms with Gasteiger partial charge in [0.1, 0.15) is 11.3 Å². The number of hydrogen-bond acceptors (Lipinski definition) is 6. The SMILES string of the molecule is O=C(c1cnccn1)N1CC2(C1)OCC[C@@H]2COCc1ccncc1. The first-order valence-electron chi connectivity index (χ1n) is 8.43. The van der Waals surface area contributed by atoms with Crippen molar-refractivity contribution in [3.63, 3.8) is 0 Å². The third kappa shape index (κ3) is 3.25. The molecule has 0 radical (unpaired) electrons. The first-order valence-corrected chi connectivity index (χ1v) is 8.43. The van der Waals surface area contributed by atoms with E-state index >= 15 is 0 Å². The van der Waals surface area contributed by atoms with E-state index in [1.54, 1.807) is 23.5 Å². The van der Waals surface area contributed by atoms with Crippen molar-refractivity contribution in [1.29, 1.82) is 0 Å². The topological polar surface area (TPSA) is 77.4 Å². The lowest BCUT2D eigenvalue weighted by molar-refractivity contribution is -0.129.